The fourth-order valence-electron chi connectivity index (χ4n) is 1.74. The van der Waals surface area contributed by atoms with Crippen LogP contribution in [0.4, 0.5) is 5.69 Å². The van der Waals surface area contributed by atoms with Gasteiger partial charge in [0.15, 0.2) is 5.75 Å². The van der Waals surface area contributed by atoms with Crippen molar-refractivity contribution in [2.45, 2.75) is 32.9 Å². The molecular formula is C14H22N2O4. The van der Waals surface area contributed by atoms with Gasteiger partial charge < -0.3 is 14.8 Å². The summed E-state index contributed by atoms with van der Waals surface area (Å²) in [6.07, 6.45) is 0.556. The molecule has 112 valence electrons. The van der Waals surface area contributed by atoms with Crippen LogP contribution in [0.25, 0.3) is 0 Å². The Morgan fingerprint density at radius 1 is 1.45 bits per heavy atom. The molecule has 0 fully saturated rings. The second-order valence-electron chi connectivity index (χ2n) is 4.55. The summed E-state index contributed by atoms with van der Waals surface area (Å²) in [7, 11) is 1.62. The van der Waals surface area contributed by atoms with Crippen molar-refractivity contribution in [1.29, 1.82) is 0 Å². The fourth-order valence-corrected chi connectivity index (χ4v) is 1.74. The van der Waals surface area contributed by atoms with E-state index in [9.17, 15) is 10.1 Å². The van der Waals surface area contributed by atoms with Crippen molar-refractivity contribution in [3.63, 3.8) is 0 Å². The number of nitrogens with one attached hydrogen (secondary N) is 1. The Kier molecular flexibility index (Phi) is 6.97. The molecule has 1 aromatic rings. The molecule has 20 heavy (non-hydrogen) atoms. The van der Waals surface area contributed by atoms with Gasteiger partial charge in [-0.25, -0.2) is 0 Å². The number of methoxy groups -OCH3 is 1. The second-order valence-corrected chi connectivity index (χ2v) is 4.55. The van der Waals surface area contributed by atoms with E-state index in [-0.39, 0.29) is 11.8 Å². The van der Waals surface area contributed by atoms with E-state index >= 15 is 0 Å². The van der Waals surface area contributed by atoms with Crippen LogP contribution < -0.4 is 10.1 Å². The number of hydrogen-bond donors (Lipinski definition) is 1. The van der Waals surface area contributed by atoms with E-state index in [2.05, 4.69) is 5.32 Å². The molecule has 0 spiro atoms. The Morgan fingerprint density at radius 3 is 2.80 bits per heavy atom. The molecule has 1 N–H and O–H groups in total. The lowest BCUT2D eigenvalue weighted by Gasteiger charge is -2.14. The van der Waals surface area contributed by atoms with Crippen LogP contribution in [0.5, 0.6) is 5.75 Å². The zero-order valence-electron chi connectivity index (χ0n) is 12.2. The Balaban J connectivity index is 2.81. The average molecular weight is 282 g/mol. The van der Waals surface area contributed by atoms with Crippen molar-refractivity contribution in [3.8, 4) is 5.75 Å². The average Bonchev–Trinajstić information content (AvgIpc) is 2.43. The van der Waals surface area contributed by atoms with Crippen molar-refractivity contribution in [1.82, 2.24) is 5.32 Å². The lowest BCUT2D eigenvalue weighted by atomic mass is 10.2. The third kappa shape index (κ3) is 5.14. The molecular weight excluding hydrogens is 260 g/mol. The van der Waals surface area contributed by atoms with Gasteiger partial charge in [0.1, 0.15) is 0 Å². The second kappa shape index (κ2) is 8.50. The number of nitrogens with zero attached hydrogens (tertiary/aromatic N) is 1. The molecule has 6 heteroatoms. The summed E-state index contributed by atoms with van der Waals surface area (Å²) in [6, 6.07) is 5.06. The van der Waals surface area contributed by atoms with E-state index in [4.69, 9.17) is 9.47 Å². The molecule has 6 nitrogen and oxygen atoms in total. The van der Waals surface area contributed by atoms with Crippen LogP contribution in [0, 0.1) is 10.1 Å². The SMILES string of the molecule is CCNCc1ccc(OC(C)CCOC)c([N+](=O)[O-])c1. The molecule has 1 aromatic carbocycles. The molecule has 0 radical (unpaired) electrons. The maximum atomic E-state index is 11.1. The van der Waals surface area contributed by atoms with Gasteiger partial charge in [-0.15, -0.1) is 0 Å². The Morgan fingerprint density at radius 2 is 2.20 bits per heavy atom. The van der Waals surface area contributed by atoms with Gasteiger partial charge in [-0.05, 0) is 25.1 Å². The number of nitro groups is 1. The number of ether oxygens (including phenoxy) is 2. The molecule has 1 atom stereocenters. The first kappa shape index (κ1) is 16.4. The van der Waals surface area contributed by atoms with Crippen LogP contribution >= 0.6 is 0 Å². The normalized spacial score (nSPS) is 12.2. The van der Waals surface area contributed by atoms with Crippen LogP contribution in [-0.4, -0.2) is 31.3 Å². The summed E-state index contributed by atoms with van der Waals surface area (Å²) in [5.74, 6) is 0.304. The maximum Gasteiger partial charge on any atom is 0.311 e. The summed E-state index contributed by atoms with van der Waals surface area (Å²) in [6.45, 7) is 5.85. The minimum absolute atomic E-state index is 0.00432. The van der Waals surface area contributed by atoms with Gasteiger partial charge in [-0.2, -0.15) is 0 Å². The third-order valence-electron chi connectivity index (χ3n) is 2.86. The molecule has 0 saturated carbocycles. The highest BCUT2D eigenvalue weighted by atomic mass is 16.6. The van der Waals surface area contributed by atoms with Crippen molar-refractivity contribution in [3.05, 3.63) is 33.9 Å². The molecule has 1 unspecified atom stereocenters. The van der Waals surface area contributed by atoms with E-state index in [0.29, 0.717) is 25.3 Å². The molecule has 0 aromatic heterocycles. The van der Waals surface area contributed by atoms with Crippen LogP contribution in [0.3, 0.4) is 0 Å². The summed E-state index contributed by atoms with van der Waals surface area (Å²) in [5, 5.41) is 14.3. The Bertz CT molecular complexity index is 437. The van der Waals surface area contributed by atoms with E-state index in [1.807, 2.05) is 19.9 Å². The molecule has 1 rings (SSSR count). The predicted octanol–water partition coefficient (Wildman–Crippen LogP) is 2.51. The van der Waals surface area contributed by atoms with Gasteiger partial charge >= 0.3 is 5.69 Å². The standard InChI is InChI=1S/C14H22N2O4/c1-4-15-10-12-5-6-14(13(9-12)16(17)18)20-11(2)7-8-19-3/h5-6,9,11,15H,4,7-8,10H2,1-3H3. The molecule has 0 bridgehead atoms. The summed E-state index contributed by atoms with van der Waals surface area (Å²) in [5.41, 5.74) is 0.875. The quantitative estimate of drug-likeness (QED) is 0.556. The van der Waals surface area contributed by atoms with E-state index in [1.54, 1.807) is 19.2 Å². The van der Waals surface area contributed by atoms with Crippen molar-refractivity contribution in [2.75, 3.05) is 20.3 Å². The predicted molar refractivity (Wildman–Crippen MR) is 77.1 cm³/mol. The van der Waals surface area contributed by atoms with Crippen molar-refractivity contribution in [2.24, 2.45) is 0 Å². The molecule has 0 aliphatic heterocycles. The van der Waals surface area contributed by atoms with Crippen LogP contribution in [0.15, 0.2) is 18.2 Å². The number of rotatable bonds is 9. The lowest BCUT2D eigenvalue weighted by Crippen LogP contribution is -2.15. The highest BCUT2D eigenvalue weighted by Crippen LogP contribution is 2.29. The maximum absolute atomic E-state index is 11.1. The molecule has 0 amide bonds. The first-order chi connectivity index (χ1) is 9.58. The van der Waals surface area contributed by atoms with Gasteiger partial charge in [-0.1, -0.05) is 13.0 Å². The van der Waals surface area contributed by atoms with Gasteiger partial charge in [0, 0.05) is 32.7 Å². The lowest BCUT2D eigenvalue weighted by molar-refractivity contribution is -0.386. The molecule has 0 heterocycles. The summed E-state index contributed by atoms with van der Waals surface area (Å²) in [4.78, 5) is 10.7. The van der Waals surface area contributed by atoms with Crippen LogP contribution in [-0.2, 0) is 11.3 Å². The monoisotopic (exact) mass is 282 g/mol. The van der Waals surface area contributed by atoms with Gasteiger partial charge in [-0.3, -0.25) is 10.1 Å². The Labute approximate surface area is 119 Å². The van der Waals surface area contributed by atoms with Crippen molar-refractivity contribution < 1.29 is 14.4 Å². The minimum Gasteiger partial charge on any atom is -0.484 e. The van der Waals surface area contributed by atoms with Gasteiger partial charge in [0.05, 0.1) is 11.0 Å². The van der Waals surface area contributed by atoms with E-state index < -0.39 is 4.92 Å². The first-order valence-electron chi connectivity index (χ1n) is 6.72. The van der Waals surface area contributed by atoms with E-state index in [0.717, 1.165) is 12.1 Å². The number of hydrogen-bond acceptors (Lipinski definition) is 5. The first-order valence-corrected chi connectivity index (χ1v) is 6.72. The van der Waals surface area contributed by atoms with Crippen LogP contribution in [0.2, 0.25) is 0 Å². The third-order valence-corrected chi connectivity index (χ3v) is 2.86. The highest BCUT2D eigenvalue weighted by Gasteiger charge is 2.18. The van der Waals surface area contributed by atoms with Crippen LogP contribution in [0.1, 0.15) is 25.8 Å². The zero-order chi connectivity index (χ0) is 15.0. The molecule has 0 saturated heterocycles. The summed E-state index contributed by atoms with van der Waals surface area (Å²) < 4.78 is 10.6. The smallest absolute Gasteiger partial charge is 0.311 e. The van der Waals surface area contributed by atoms with E-state index in [1.165, 1.54) is 0 Å². The fraction of sp³-hybridized carbons (Fsp3) is 0.571. The Hall–Kier alpha value is -1.66. The highest BCUT2D eigenvalue weighted by molar-refractivity contribution is 5.48. The van der Waals surface area contributed by atoms with Gasteiger partial charge in [0.2, 0.25) is 0 Å². The molecule has 0 aliphatic rings. The zero-order valence-corrected chi connectivity index (χ0v) is 12.2. The minimum atomic E-state index is -0.409. The largest absolute Gasteiger partial charge is 0.484 e. The number of benzene rings is 1. The van der Waals surface area contributed by atoms with Crippen molar-refractivity contribution >= 4 is 5.69 Å². The molecule has 0 aliphatic carbocycles. The number of nitro benzene ring substituents is 1. The van der Waals surface area contributed by atoms with Gasteiger partial charge in [0.25, 0.3) is 0 Å². The summed E-state index contributed by atoms with van der Waals surface area (Å²) >= 11 is 0. The topological polar surface area (TPSA) is 73.6 Å².